The van der Waals surface area contributed by atoms with Gasteiger partial charge in [0.1, 0.15) is 0 Å². The van der Waals surface area contributed by atoms with Gasteiger partial charge in [-0.25, -0.2) is 0 Å². The Morgan fingerprint density at radius 3 is 2.25 bits per heavy atom. The van der Waals surface area contributed by atoms with E-state index in [1.165, 1.54) is 0 Å². The third-order valence-corrected chi connectivity index (χ3v) is 0.220. The number of nitrogens with zero attached hydrogens (tertiary/aromatic N) is 1. The topological polar surface area (TPSA) is 35.8 Å². The Balaban J connectivity index is 2.43. The fourth-order valence-electron chi connectivity index (χ4n) is 0. The molecule has 0 atom stereocenters. The average molecular weight is 121 g/mol. The Labute approximate surface area is 32.8 Å². The van der Waals surface area contributed by atoms with Gasteiger partial charge in [0.15, 0.2) is 6.19 Å². The number of rotatable bonds is 0. The lowest BCUT2D eigenvalue weighted by Crippen LogP contribution is -1.74. The highest BCUT2D eigenvalue weighted by atomic mass is 79.9. The lowest BCUT2D eigenvalue weighted by molar-refractivity contribution is 1.39. The van der Waals surface area contributed by atoms with Crippen molar-refractivity contribution in [1.82, 2.24) is 4.34 Å². The highest BCUT2D eigenvalue weighted by Crippen LogP contribution is 1.53. The minimum Gasteiger partial charge on any atom is -0.259 e. The van der Waals surface area contributed by atoms with E-state index in [2.05, 4.69) is 16.1 Å². The van der Waals surface area contributed by atoms with Crippen LogP contribution in [0.25, 0.3) is 0 Å². The van der Waals surface area contributed by atoms with Crippen molar-refractivity contribution in [2.24, 2.45) is 0 Å². The molecule has 0 aliphatic carbocycles. The standard InChI is InChI=1S/CHBrN2/c2-4-1-3/h4H. The quantitative estimate of drug-likeness (QED) is 0.285. The Kier molecular flexibility index (Phi) is 2.61. The first-order chi connectivity index (χ1) is 1.91. The molecule has 4 heavy (non-hydrogen) atoms. The first kappa shape index (κ1) is 3.77. The fourth-order valence-corrected chi connectivity index (χ4v) is 0. The molecule has 0 aliphatic heterocycles. The van der Waals surface area contributed by atoms with E-state index in [0.29, 0.717) is 0 Å². The molecule has 0 aromatic heterocycles. The van der Waals surface area contributed by atoms with Crippen molar-refractivity contribution in [3.8, 4) is 6.19 Å². The van der Waals surface area contributed by atoms with Crippen LogP contribution in [0.15, 0.2) is 0 Å². The lowest BCUT2D eigenvalue weighted by atomic mass is 11.5. The second-order valence-electron chi connectivity index (χ2n) is 0.206. The normalized spacial score (nSPS) is 4.00. The first-order valence-electron chi connectivity index (χ1n) is 0.663. The molecule has 0 aromatic rings. The van der Waals surface area contributed by atoms with Gasteiger partial charge in [-0.3, -0.25) is 4.34 Å². The Hall–Kier alpha value is -0.230. The molecular formula is CHBrN2. The summed E-state index contributed by atoms with van der Waals surface area (Å²) in [5.74, 6) is 0. The molecule has 1 N–H and O–H groups in total. The number of hydrogen-bond acceptors (Lipinski definition) is 2. The molecule has 22 valence electrons. The van der Waals surface area contributed by atoms with Gasteiger partial charge in [0.2, 0.25) is 0 Å². The molecule has 0 unspecified atom stereocenters. The van der Waals surface area contributed by atoms with E-state index in [-0.39, 0.29) is 0 Å². The highest BCUT2D eigenvalue weighted by Gasteiger charge is 1.43. The van der Waals surface area contributed by atoms with Gasteiger partial charge in [0, 0.05) is 0 Å². The summed E-state index contributed by atoms with van der Waals surface area (Å²) in [6.07, 6.45) is 1.60. The first-order valence-corrected chi connectivity index (χ1v) is 1.46. The molecule has 0 rings (SSSR count). The van der Waals surface area contributed by atoms with Crippen LogP contribution in [0.1, 0.15) is 0 Å². The Bertz CT molecular complexity index is 35.8. The minimum atomic E-state index is 1.60. The fraction of sp³-hybridized carbons (Fsp3) is 0. The predicted octanol–water partition coefficient (Wildman–Crippen LogP) is 0.367. The van der Waals surface area contributed by atoms with Crippen molar-refractivity contribution in [2.75, 3.05) is 0 Å². The van der Waals surface area contributed by atoms with Gasteiger partial charge in [0.05, 0.1) is 16.1 Å². The third kappa shape index (κ3) is 1.77. The van der Waals surface area contributed by atoms with Crippen molar-refractivity contribution in [3.63, 3.8) is 0 Å². The van der Waals surface area contributed by atoms with Crippen LogP contribution >= 0.6 is 16.1 Å². The maximum Gasteiger partial charge on any atom is 0.187 e. The molecule has 0 spiro atoms. The summed E-state index contributed by atoms with van der Waals surface area (Å²) < 4.78 is 2.05. The average Bonchev–Trinajstić information content (AvgIpc) is 1.37. The third-order valence-electron chi connectivity index (χ3n) is 0.0423. The predicted molar refractivity (Wildman–Crippen MR) is 17.7 cm³/mol. The monoisotopic (exact) mass is 120 g/mol. The molecular weight excluding hydrogens is 120 g/mol. The molecule has 0 radical (unpaired) electrons. The molecule has 0 aliphatic rings. The minimum absolute atomic E-state index is 1.60. The Morgan fingerprint density at radius 1 is 2.00 bits per heavy atom. The van der Waals surface area contributed by atoms with E-state index < -0.39 is 0 Å². The maximum atomic E-state index is 7.47. The molecule has 0 heterocycles. The van der Waals surface area contributed by atoms with Gasteiger partial charge in [-0.05, 0) is 0 Å². The van der Waals surface area contributed by atoms with Crippen LogP contribution in [-0.2, 0) is 0 Å². The van der Waals surface area contributed by atoms with Gasteiger partial charge >= 0.3 is 0 Å². The van der Waals surface area contributed by atoms with E-state index in [1.54, 1.807) is 6.19 Å². The Morgan fingerprint density at radius 2 is 2.25 bits per heavy atom. The zero-order chi connectivity index (χ0) is 3.41. The number of nitriles is 1. The van der Waals surface area contributed by atoms with Crippen LogP contribution in [0, 0.1) is 11.5 Å². The van der Waals surface area contributed by atoms with Crippen LogP contribution < -0.4 is 4.34 Å². The second-order valence-corrected chi connectivity index (χ2v) is 0.603. The van der Waals surface area contributed by atoms with Gasteiger partial charge in [-0.1, -0.05) is 0 Å². The van der Waals surface area contributed by atoms with Crippen molar-refractivity contribution in [3.05, 3.63) is 0 Å². The van der Waals surface area contributed by atoms with Gasteiger partial charge < -0.3 is 0 Å². The number of nitrogens with one attached hydrogen (secondary N) is 1. The molecule has 2 nitrogen and oxygen atoms in total. The summed E-state index contributed by atoms with van der Waals surface area (Å²) in [6, 6.07) is 0. The van der Waals surface area contributed by atoms with Crippen LogP contribution in [0.4, 0.5) is 0 Å². The maximum absolute atomic E-state index is 7.47. The zero-order valence-electron chi connectivity index (χ0n) is 1.83. The summed E-state index contributed by atoms with van der Waals surface area (Å²) in [5, 5.41) is 7.47. The molecule has 0 fully saturated rings. The summed E-state index contributed by atoms with van der Waals surface area (Å²) in [5.41, 5.74) is 0. The van der Waals surface area contributed by atoms with E-state index >= 15 is 0 Å². The summed E-state index contributed by atoms with van der Waals surface area (Å²) in [6.45, 7) is 0. The van der Waals surface area contributed by atoms with Crippen LogP contribution in [0.3, 0.4) is 0 Å². The van der Waals surface area contributed by atoms with Crippen LogP contribution in [0.2, 0.25) is 0 Å². The summed E-state index contributed by atoms with van der Waals surface area (Å²) in [4.78, 5) is 0. The SMILES string of the molecule is N#CNBr. The molecule has 0 saturated carbocycles. The number of halogens is 1. The van der Waals surface area contributed by atoms with Crippen molar-refractivity contribution in [1.29, 1.82) is 5.26 Å². The number of hydrogen-bond donors (Lipinski definition) is 1. The highest BCUT2D eigenvalue weighted by molar-refractivity contribution is 9.08. The largest absolute Gasteiger partial charge is 0.259 e. The van der Waals surface area contributed by atoms with Crippen molar-refractivity contribution < 1.29 is 0 Å². The molecule has 3 heteroatoms. The van der Waals surface area contributed by atoms with Crippen LogP contribution in [0.5, 0.6) is 0 Å². The van der Waals surface area contributed by atoms with Crippen molar-refractivity contribution in [2.45, 2.75) is 0 Å². The van der Waals surface area contributed by atoms with E-state index in [1.807, 2.05) is 4.34 Å². The lowest BCUT2D eigenvalue weighted by Gasteiger charge is -1.55. The molecule has 0 bridgehead atoms. The second kappa shape index (κ2) is 2.77. The van der Waals surface area contributed by atoms with Gasteiger partial charge in [0.25, 0.3) is 0 Å². The smallest absolute Gasteiger partial charge is 0.187 e. The summed E-state index contributed by atoms with van der Waals surface area (Å²) >= 11 is 2.64. The zero-order valence-corrected chi connectivity index (χ0v) is 3.41. The molecule has 0 saturated heterocycles. The van der Waals surface area contributed by atoms with Crippen LogP contribution in [-0.4, -0.2) is 0 Å². The van der Waals surface area contributed by atoms with E-state index in [4.69, 9.17) is 5.26 Å². The summed E-state index contributed by atoms with van der Waals surface area (Å²) in [7, 11) is 0. The van der Waals surface area contributed by atoms with E-state index in [9.17, 15) is 0 Å². The molecule has 0 amide bonds. The van der Waals surface area contributed by atoms with E-state index in [0.717, 1.165) is 0 Å². The molecule has 0 aromatic carbocycles. The van der Waals surface area contributed by atoms with Gasteiger partial charge in [-0.2, -0.15) is 5.26 Å². The van der Waals surface area contributed by atoms with Gasteiger partial charge in [-0.15, -0.1) is 0 Å². The van der Waals surface area contributed by atoms with Crippen molar-refractivity contribution >= 4 is 16.1 Å².